The number of benzene rings is 1. The van der Waals surface area contributed by atoms with Gasteiger partial charge in [-0.05, 0) is 30.7 Å². The van der Waals surface area contributed by atoms with Gasteiger partial charge in [-0.3, -0.25) is 24.6 Å². The van der Waals surface area contributed by atoms with E-state index in [1.807, 2.05) is 13.8 Å². The molecule has 2 aliphatic rings. The summed E-state index contributed by atoms with van der Waals surface area (Å²) in [5.74, 6) is -0.0368. The lowest BCUT2D eigenvalue weighted by molar-refractivity contribution is -0.136. The van der Waals surface area contributed by atoms with Crippen molar-refractivity contribution in [2.24, 2.45) is 11.8 Å². The van der Waals surface area contributed by atoms with Gasteiger partial charge in [0.05, 0.1) is 12.2 Å². The number of hydrogen-bond donors (Lipinski definition) is 5. The number of amides is 3. The van der Waals surface area contributed by atoms with Crippen LogP contribution in [0, 0.1) is 11.8 Å². The predicted molar refractivity (Wildman–Crippen MR) is 132 cm³/mol. The molecule has 5 N–H and O–H groups in total. The molecule has 9 heteroatoms. The first-order valence-corrected chi connectivity index (χ1v) is 11.6. The normalized spacial score (nSPS) is 17.1. The summed E-state index contributed by atoms with van der Waals surface area (Å²) in [7, 11) is 0. The SMILES string of the molecule is C=C1c2cccc(NCCO)c2C(=O)N1C1CCC(=O)NC1=O.CC(C)CCO.CC(C)CO. The van der Waals surface area contributed by atoms with Gasteiger partial charge in [0, 0.05) is 43.1 Å². The van der Waals surface area contributed by atoms with Crippen LogP contribution >= 0.6 is 0 Å². The van der Waals surface area contributed by atoms with Gasteiger partial charge in [0.25, 0.3) is 5.91 Å². The van der Waals surface area contributed by atoms with E-state index >= 15 is 0 Å². The number of rotatable bonds is 7. The average Bonchev–Trinajstić information content (AvgIpc) is 3.04. The van der Waals surface area contributed by atoms with Crippen LogP contribution in [0.2, 0.25) is 0 Å². The minimum absolute atomic E-state index is 0.0599. The Labute approximate surface area is 201 Å². The molecule has 3 amide bonds. The molecule has 190 valence electrons. The highest BCUT2D eigenvalue weighted by molar-refractivity contribution is 6.15. The second-order valence-corrected chi connectivity index (χ2v) is 8.95. The smallest absolute Gasteiger partial charge is 0.261 e. The molecule has 1 atom stereocenters. The molecule has 34 heavy (non-hydrogen) atoms. The van der Waals surface area contributed by atoms with E-state index in [1.54, 1.807) is 18.2 Å². The highest BCUT2D eigenvalue weighted by Crippen LogP contribution is 2.38. The zero-order chi connectivity index (χ0) is 25.8. The largest absolute Gasteiger partial charge is 0.396 e. The Morgan fingerprint density at radius 3 is 2.21 bits per heavy atom. The number of aliphatic hydroxyl groups is 3. The number of nitrogens with zero attached hydrogens (tertiary/aromatic N) is 1. The van der Waals surface area contributed by atoms with E-state index in [0.717, 1.165) is 6.42 Å². The van der Waals surface area contributed by atoms with Crippen LogP contribution in [0.1, 0.15) is 62.9 Å². The fourth-order valence-electron chi connectivity index (χ4n) is 3.25. The quantitative estimate of drug-likeness (QED) is 0.378. The Kier molecular flexibility index (Phi) is 12.5. The third-order valence-corrected chi connectivity index (χ3v) is 5.12. The number of carbonyl (C=O) groups is 3. The molecule has 0 spiro atoms. The van der Waals surface area contributed by atoms with E-state index in [4.69, 9.17) is 15.3 Å². The molecule has 1 saturated heterocycles. The lowest BCUT2D eigenvalue weighted by atomic mass is 10.0. The minimum atomic E-state index is -0.731. The first-order valence-electron chi connectivity index (χ1n) is 11.6. The van der Waals surface area contributed by atoms with Gasteiger partial charge in [-0.1, -0.05) is 46.4 Å². The van der Waals surface area contributed by atoms with Crippen molar-refractivity contribution in [3.05, 3.63) is 35.9 Å². The summed E-state index contributed by atoms with van der Waals surface area (Å²) in [6.07, 6.45) is 1.41. The van der Waals surface area contributed by atoms with Crippen molar-refractivity contribution in [1.82, 2.24) is 10.2 Å². The summed E-state index contributed by atoms with van der Waals surface area (Å²) in [5.41, 5.74) is 2.14. The van der Waals surface area contributed by atoms with E-state index in [9.17, 15) is 14.4 Å². The lowest BCUT2D eigenvalue weighted by Gasteiger charge is -2.30. The molecule has 3 rings (SSSR count). The fourth-order valence-corrected chi connectivity index (χ4v) is 3.25. The maximum Gasteiger partial charge on any atom is 0.261 e. The van der Waals surface area contributed by atoms with Crippen LogP contribution < -0.4 is 10.6 Å². The maximum atomic E-state index is 12.8. The monoisotopic (exact) mass is 477 g/mol. The molecule has 0 aliphatic carbocycles. The van der Waals surface area contributed by atoms with Crippen LogP contribution in [0.3, 0.4) is 0 Å². The van der Waals surface area contributed by atoms with Gasteiger partial charge in [-0.25, -0.2) is 0 Å². The van der Waals surface area contributed by atoms with Gasteiger partial charge in [-0.2, -0.15) is 0 Å². The van der Waals surface area contributed by atoms with Crippen LogP contribution in [0.5, 0.6) is 0 Å². The van der Waals surface area contributed by atoms with Crippen LogP contribution in [0.25, 0.3) is 5.70 Å². The zero-order valence-electron chi connectivity index (χ0n) is 20.6. The highest BCUT2D eigenvalue weighted by atomic mass is 16.3. The maximum absolute atomic E-state index is 12.8. The molecule has 1 aromatic carbocycles. The molecule has 0 aromatic heterocycles. The number of anilines is 1. The molecule has 0 radical (unpaired) electrons. The van der Waals surface area contributed by atoms with Gasteiger partial charge < -0.3 is 20.6 Å². The summed E-state index contributed by atoms with van der Waals surface area (Å²) >= 11 is 0. The summed E-state index contributed by atoms with van der Waals surface area (Å²) in [6, 6.07) is 4.57. The summed E-state index contributed by atoms with van der Waals surface area (Å²) in [6.45, 7) is 13.0. The molecule has 0 saturated carbocycles. The van der Waals surface area contributed by atoms with E-state index in [-0.39, 0.29) is 31.3 Å². The van der Waals surface area contributed by atoms with Gasteiger partial charge in [0.15, 0.2) is 0 Å². The fraction of sp³-hybridized carbons (Fsp3) is 0.560. The molecule has 2 aliphatic heterocycles. The summed E-state index contributed by atoms with van der Waals surface area (Å²) in [4.78, 5) is 37.5. The molecule has 0 bridgehead atoms. The first kappa shape index (κ1) is 29.3. The minimum Gasteiger partial charge on any atom is -0.396 e. The van der Waals surface area contributed by atoms with Crippen molar-refractivity contribution in [2.45, 2.75) is 53.0 Å². The van der Waals surface area contributed by atoms with Crippen molar-refractivity contribution in [2.75, 3.05) is 31.7 Å². The van der Waals surface area contributed by atoms with Gasteiger partial charge in [0.2, 0.25) is 11.8 Å². The number of aliphatic hydroxyl groups excluding tert-OH is 3. The Morgan fingerprint density at radius 2 is 1.74 bits per heavy atom. The number of imide groups is 1. The molecular weight excluding hydrogens is 438 g/mol. The van der Waals surface area contributed by atoms with Crippen LogP contribution in [0.15, 0.2) is 24.8 Å². The van der Waals surface area contributed by atoms with Crippen molar-refractivity contribution in [1.29, 1.82) is 0 Å². The van der Waals surface area contributed by atoms with Gasteiger partial charge >= 0.3 is 0 Å². The number of carbonyl (C=O) groups excluding carboxylic acids is 3. The second kappa shape index (κ2) is 14.5. The van der Waals surface area contributed by atoms with Crippen molar-refractivity contribution in [3.8, 4) is 0 Å². The van der Waals surface area contributed by atoms with Crippen molar-refractivity contribution in [3.63, 3.8) is 0 Å². The number of hydrogen-bond acceptors (Lipinski definition) is 7. The van der Waals surface area contributed by atoms with E-state index in [2.05, 4.69) is 31.1 Å². The average molecular weight is 478 g/mol. The number of fused-ring (bicyclic) bond motifs is 1. The Balaban J connectivity index is 0.000000440. The topological polar surface area (TPSA) is 139 Å². The number of piperidine rings is 1. The third kappa shape index (κ3) is 8.23. The van der Waals surface area contributed by atoms with Crippen LogP contribution in [-0.2, 0) is 9.59 Å². The summed E-state index contributed by atoms with van der Waals surface area (Å²) in [5, 5.41) is 30.6. The van der Waals surface area contributed by atoms with E-state index in [0.29, 0.717) is 54.1 Å². The lowest BCUT2D eigenvalue weighted by Crippen LogP contribution is -2.52. The molecule has 9 nitrogen and oxygen atoms in total. The molecule has 2 heterocycles. The second-order valence-electron chi connectivity index (χ2n) is 8.95. The zero-order valence-corrected chi connectivity index (χ0v) is 20.6. The third-order valence-electron chi connectivity index (χ3n) is 5.12. The van der Waals surface area contributed by atoms with Gasteiger partial charge in [-0.15, -0.1) is 0 Å². The van der Waals surface area contributed by atoms with Crippen LogP contribution in [0.4, 0.5) is 5.69 Å². The van der Waals surface area contributed by atoms with Crippen LogP contribution in [-0.4, -0.2) is 70.3 Å². The van der Waals surface area contributed by atoms with E-state index < -0.39 is 11.9 Å². The van der Waals surface area contributed by atoms with E-state index in [1.165, 1.54) is 4.90 Å². The molecule has 1 fully saturated rings. The molecule has 1 unspecified atom stereocenters. The predicted octanol–water partition coefficient (Wildman–Crippen LogP) is 1.98. The van der Waals surface area contributed by atoms with Gasteiger partial charge in [0.1, 0.15) is 6.04 Å². The first-order chi connectivity index (χ1) is 16.1. The van der Waals surface area contributed by atoms with Crippen molar-refractivity contribution < 1.29 is 29.7 Å². The highest BCUT2D eigenvalue weighted by Gasteiger charge is 2.42. The summed E-state index contributed by atoms with van der Waals surface area (Å²) < 4.78 is 0. The number of nitrogens with one attached hydrogen (secondary N) is 2. The van der Waals surface area contributed by atoms with Crippen molar-refractivity contribution >= 4 is 29.1 Å². The standard InChI is InChI=1S/C16H17N3O4.C5H12O.C4H10O/c1-9-10-3-2-4-11(17-7-8-20)14(10)16(23)19(9)12-5-6-13(21)18-15(12)22;1-5(2)3-4-6;1-4(2)3-5/h2-4,12,17,20H,1,5-8H2,(H,18,21,22);5-6H,3-4H2,1-2H3;4-5H,3H2,1-2H3. The Hall–Kier alpha value is -2.75. The molecular formula is C25H39N3O6. The Bertz CT molecular complexity index is 853. The Morgan fingerprint density at radius 1 is 1.09 bits per heavy atom. The molecule has 1 aromatic rings.